The van der Waals surface area contributed by atoms with Gasteiger partial charge < -0.3 is 14.5 Å². The third-order valence-electron chi connectivity index (χ3n) is 6.88. The van der Waals surface area contributed by atoms with Crippen LogP contribution in [0.25, 0.3) is 0 Å². The van der Waals surface area contributed by atoms with E-state index >= 15 is 0 Å². The molecule has 1 atom stereocenters. The molecule has 1 aliphatic carbocycles. The fourth-order valence-corrected chi connectivity index (χ4v) is 4.97. The fourth-order valence-electron chi connectivity index (χ4n) is 4.97. The molecule has 0 saturated carbocycles. The standard InChI is InChI=1S/C23H30N6O3/c1-15-18(22(30)28-9-11-32-12-10-28)13-24-21(25-15)16-7-8-29(14-16)23(31)20-17-5-3-2-4-6-19(17)26-27-20/h13,16H,2-12,14H2,1H3,(H,26,27)/t16-/m1/s1. The predicted octanol–water partition coefficient (Wildman–Crippen LogP) is 1.88. The second-order valence-corrected chi connectivity index (χ2v) is 8.96. The predicted molar refractivity (Wildman–Crippen MR) is 117 cm³/mol. The van der Waals surface area contributed by atoms with Crippen LogP contribution in [0.3, 0.4) is 0 Å². The van der Waals surface area contributed by atoms with Crippen LogP contribution in [0.5, 0.6) is 0 Å². The maximum Gasteiger partial charge on any atom is 0.274 e. The van der Waals surface area contributed by atoms with Crippen molar-refractivity contribution in [3.63, 3.8) is 0 Å². The number of hydrogen-bond acceptors (Lipinski definition) is 6. The molecule has 3 aliphatic rings. The minimum Gasteiger partial charge on any atom is -0.378 e. The number of carbonyl (C=O) groups excluding carboxylic acids is 2. The van der Waals surface area contributed by atoms with Crippen molar-refractivity contribution in [1.29, 1.82) is 0 Å². The largest absolute Gasteiger partial charge is 0.378 e. The number of aromatic amines is 1. The van der Waals surface area contributed by atoms with Gasteiger partial charge in [-0.2, -0.15) is 5.10 Å². The summed E-state index contributed by atoms with van der Waals surface area (Å²) in [5.74, 6) is 0.738. The monoisotopic (exact) mass is 438 g/mol. The Balaban J connectivity index is 1.27. The highest BCUT2D eigenvalue weighted by molar-refractivity contribution is 5.95. The fraction of sp³-hybridized carbons (Fsp3) is 0.609. The molecule has 0 bridgehead atoms. The molecule has 2 aliphatic heterocycles. The van der Waals surface area contributed by atoms with Gasteiger partial charge in [-0.1, -0.05) is 6.42 Å². The van der Waals surface area contributed by atoms with Crippen LogP contribution in [-0.4, -0.2) is 81.2 Å². The first kappa shape index (κ1) is 21.1. The molecule has 1 N–H and O–H groups in total. The molecule has 5 rings (SSSR count). The molecular weight excluding hydrogens is 408 g/mol. The lowest BCUT2D eigenvalue weighted by Crippen LogP contribution is -2.41. The lowest BCUT2D eigenvalue weighted by molar-refractivity contribution is 0.0301. The molecule has 0 radical (unpaired) electrons. The average molecular weight is 439 g/mol. The van der Waals surface area contributed by atoms with E-state index in [4.69, 9.17) is 4.74 Å². The molecule has 0 aromatic carbocycles. The zero-order valence-electron chi connectivity index (χ0n) is 18.6. The maximum atomic E-state index is 13.2. The van der Waals surface area contributed by atoms with Gasteiger partial charge in [-0.15, -0.1) is 0 Å². The average Bonchev–Trinajstić information content (AvgIpc) is 3.41. The number of hydrogen-bond donors (Lipinski definition) is 1. The van der Waals surface area contributed by atoms with Crippen molar-refractivity contribution in [2.75, 3.05) is 39.4 Å². The smallest absolute Gasteiger partial charge is 0.274 e. The number of carbonyl (C=O) groups is 2. The Morgan fingerprint density at radius 2 is 1.88 bits per heavy atom. The SMILES string of the molecule is Cc1nc([C@@H]2CCN(C(=O)c3n[nH]c4c3CCCCC4)C2)ncc1C(=O)N1CCOCC1. The summed E-state index contributed by atoms with van der Waals surface area (Å²) < 4.78 is 5.33. The number of morpholine rings is 1. The minimum absolute atomic E-state index is 0.00253. The van der Waals surface area contributed by atoms with Crippen LogP contribution >= 0.6 is 0 Å². The van der Waals surface area contributed by atoms with Crippen LogP contribution in [-0.2, 0) is 17.6 Å². The second-order valence-electron chi connectivity index (χ2n) is 8.96. The Morgan fingerprint density at radius 3 is 2.69 bits per heavy atom. The molecule has 2 amide bonds. The lowest BCUT2D eigenvalue weighted by Gasteiger charge is -2.27. The summed E-state index contributed by atoms with van der Waals surface area (Å²) in [6.07, 6.45) is 7.81. The molecule has 9 heteroatoms. The molecule has 0 unspecified atom stereocenters. The first-order valence-corrected chi connectivity index (χ1v) is 11.7. The van der Waals surface area contributed by atoms with E-state index in [1.54, 1.807) is 11.1 Å². The van der Waals surface area contributed by atoms with Crippen molar-refractivity contribution >= 4 is 11.8 Å². The van der Waals surface area contributed by atoms with Gasteiger partial charge in [-0.05, 0) is 39.0 Å². The highest BCUT2D eigenvalue weighted by Gasteiger charge is 2.33. The van der Waals surface area contributed by atoms with Crippen LogP contribution in [0, 0.1) is 6.92 Å². The molecule has 2 fully saturated rings. The Bertz CT molecular complexity index is 1010. The van der Waals surface area contributed by atoms with Crippen molar-refractivity contribution in [3.05, 3.63) is 40.2 Å². The van der Waals surface area contributed by atoms with E-state index < -0.39 is 0 Å². The van der Waals surface area contributed by atoms with Gasteiger partial charge in [0.25, 0.3) is 11.8 Å². The molecule has 0 spiro atoms. The molecular formula is C23H30N6O3. The number of aromatic nitrogens is 4. The van der Waals surface area contributed by atoms with E-state index in [0.717, 1.165) is 43.4 Å². The number of aryl methyl sites for hydroxylation is 2. The molecule has 4 heterocycles. The summed E-state index contributed by atoms with van der Waals surface area (Å²) >= 11 is 0. The summed E-state index contributed by atoms with van der Waals surface area (Å²) in [6.45, 7) is 5.42. The third-order valence-corrected chi connectivity index (χ3v) is 6.88. The number of H-pyrrole nitrogens is 1. The number of ether oxygens (including phenoxy) is 1. The van der Waals surface area contributed by atoms with Crippen molar-refractivity contribution in [2.24, 2.45) is 0 Å². The lowest BCUT2D eigenvalue weighted by atomic mass is 10.1. The van der Waals surface area contributed by atoms with Crippen molar-refractivity contribution in [2.45, 2.75) is 51.4 Å². The van der Waals surface area contributed by atoms with Crippen LogP contribution in [0.15, 0.2) is 6.20 Å². The molecule has 9 nitrogen and oxygen atoms in total. The quantitative estimate of drug-likeness (QED) is 0.734. The summed E-state index contributed by atoms with van der Waals surface area (Å²) in [5.41, 5.74) is 4.05. The van der Waals surface area contributed by atoms with Gasteiger partial charge in [0.05, 0.1) is 24.5 Å². The van der Waals surface area contributed by atoms with E-state index in [1.165, 1.54) is 6.42 Å². The van der Waals surface area contributed by atoms with Crippen LogP contribution in [0.2, 0.25) is 0 Å². The van der Waals surface area contributed by atoms with Crippen molar-refractivity contribution < 1.29 is 14.3 Å². The summed E-state index contributed by atoms with van der Waals surface area (Å²) in [7, 11) is 0. The summed E-state index contributed by atoms with van der Waals surface area (Å²) in [4.78, 5) is 38.8. The highest BCUT2D eigenvalue weighted by Crippen LogP contribution is 2.28. The van der Waals surface area contributed by atoms with E-state index in [-0.39, 0.29) is 17.7 Å². The van der Waals surface area contributed by atoms with E-state index in [9.17, 15) is 9.59 Å². The highest BCUT2D eigenvalue weighted by atomic mass is 16.5. The van der Waals surface area contributed by atoms with Gasteiger partial charge >= 0.3 is 0 Å². The maximum absolute atomic E-state index is 13.2. The Kier molecular flexibility index (Phi) is 5.91. The normalized spacial score (nSPS) is 21.3. The first-order valence-electron chi connectivity index (χ1n) is 11.7. The number of amides is 2. The Morgan fingerprint density at radius 1 is 1.06 bits per heavy atom. The number of nitrogens with zero attached hydrogens (tertiary/aromatic N) is 5. The molecule has 32 heavy (non-hydrogen) atoms. The molecule has 2 saturated heterocycles. The summed E-state index contributed by atoms with van der Waals surface area (Å²) in [5, 5.41) is 7.47. The number of rotatable bonds is 3. The van der Waals surface area contributed by atoms with E-state index in [1.807, 2.05) is 11.8 Å². The van der Waals surface area contributed by atoms with Gasteiger partial charge in [0.15, 0.2) is 5.69 Å². The van der Waals surface area contributed by atoms with Crippen LogP contribution in [0.4, 0.5) is 0 Å². The Hall–Kier alpha value is -2.81. The molecule has 2 aromatic heterocycles. The zero-order valence-corrected chi connectivity index (χ0v) is 18.6. The second kappa shape index (κ2) is 8.97. The Labute approximate surface area is 187 Å². The van der Waals surface area contributed by atoms with Gasteiger partial charge in [-0.25, -0.2) is 9.97 Å². The van der Waals surface area contributed by atoms with Gasteiger partial charge in [0.1, 0.15) is 5.82 Å². The van der Waals surface area contributed by atoms with E-state index in [2.05, 4.69) is 20.2 Å². The van der Waals surface area contributed by atoms with Gasteiger partial charge in [0, 0.05) is 49.6 Å². The number of nitrogens with one attached hydrogen (secondary N) is 1. The van der Waals surface area contributed by atoms with Crippen LogP contribution in [0.1, 0.15) is 75.2 Å². The first-order chi connectivity index (χ1) is 15.6. The minimum atomic E-state index is -0.0419. The molecule has 170 valence electrons. The van der Waals surface area contributed by atoms with Crippen molar-refractivity contribution in [3.8, 4) is 0 Å². The summed E-state index contributed by atoms with van der Waals surface area (Å²) in [6, 6.07) is 0. The van der Waals surface area contributed by atoms with Gasteiger partial charge in [-0.3, -0.25) is 14.7 Å². The third kappa shape index (κ3) is 4.01. The number of fused-ring (bicyclic) bond motifs is 1. The topological polar surface area (TPSA) is 104 Å². The van der Waals surface area contributed by atoms with E-state index in [0.29, 0.717) is 62.2 Å². The van der Waals surface area contributed by atoms with Crippen LogP contribution < -0.4 is 0 Å². The number of likely N-dealkylation sites (tertiary alicyclic amines) is 1. The van der Waals surface area contributed by atoms with Gasteiger partial charge in [0.2, 0.25) is 0 Å². The zero-order chi connectivity index (χ0) is 22.1. The molecule has 2 aromatic rings. The van der Waals surface area contributed by atoms with Crippen molar-refractivity contribution in [1.82, 2.24) is 30.0 Å².